The number of aliphatic hydroxyl groups is 2. The van der Waals surface area contributed by atoms with E-state index < -0.39 is 19.2 Å². The van der Waals surface area contributed by atoms with E-state index in [2.05, 4.69) is 36.1 Å². The number of hydrogen-bond acceptors (Lipinski definition) is 4. The largest absolute Gasteiger partial charge is 0.437 e. The van der Waals surface area contributed by atoms with Gasteiger partial charge in [0.25, 0.3) is 0 Å². The van der Waals surface area contributed by atoms with Gasteiger partial charge in [0.15, 0.2) is 0 Å². The maximum absolute atomic E-state index is 9.91. The van der Waals surface area contributed by atoms with Crippen LogP contribution in [0.3, 0.4) is 0 Å². The Labute approximate surface area is 133 Å². The molecular formula is C17H26BNO3. The normalized spacial score (nSPS) is 13.1. The number of hydrogen-bond donors (Lipinski definition) is 4. The lowest BCUT2D eigenvalue weighted by atomic mass is 9.86. The van der Waals surface area contributed by atoms with E-state index in [1.165, 1.54) is 31.6 Å². The zero-order valence-corrected chi connectivity index (χ0v) is 13.4. The maximum atomic E-state index is 9.91. The summed E-state index contributed by atoms with van der Waals surface area (Å²) in [6.07, 6.45) is 3.70. The molecule has 5 heteroatoms. The van der Waals surface area contributed by atoms with Gasteiger partial charge in [-0.2, -0.15) is 0 Å². The van der Waals surface area contributed by atoms with Crippen LogP contribution in [0.4, 0.5) is 0 Å². The van der Waals surface area contributed by atoms with Gasteiger partial charge < -0.3 is 20.5 Å². The highest BCUT2D eigenvalue weighted by atomic mass is 16.3. The fourth-order valence-electron chi connectivity index (χ4n) is 2.15. The second kappa shape index (κ2) is 10.4. The number of aryl methyl sites for hydroxylation is 1. The van der Waals surface area contributed by atoms with Gasteiger partial charge in [0.1, 0.15) is 6.10 Å². The topological polar surface area (TPSA) is 72.7 Å². The first-order chi connectivity index (χ1) is 10.6. The van der Waals surface area contributed by atoms with Gasteiger partial charge in [0, 0.05) is 5.56 Å². The lowest BCUT2D eigenvalue weighted by Gasteiger charge is -2.18. The third-order valence-corrected chi connectivity index (χ3v) is 3.42. The summed E-state index contributed by atoms with van der Waals surface area (Å²) in [5.74, 6) is 5.59. The molecule has 0 heterocycles. The Bertz CT molecular complexity index is 479. The van der Waals surface area contributed by atoms with Crippen molar-refractivity contribution in [1.29, 1.82) is 0 Å². The Hall–Kier alpha value is -1.32. The van der Waals surface area contributed by atoms with Crippen LogP contribution in [-0.4, -0.2) is 41.0 Å². The monoisotopic (exact) mass is 303 g/mol. The van der Waals surface area contributed by atoms with Crippen molar-refractivity contribution in [2.24, 2.45) is 0 Å². The van der Waals surface area contributed by atoms with Crippen molar-refractivity contribution in [1.82, 2.24) is 5.23 Å². The van der Waals surface area contributed by atoms with Crippen LogP contribution in [0, 0.1) is 11.8 Å². The number of nitrogens with one attached hydrogen (secondary N) is 1. The van der Waals surface area contributed by atoms with E-state index in [0.29, 0.717) is 0 Å². The summed E-state index contributed by atoms with van der Waals surface area (Å²) in [4.78, 5) is 0. The zero-order chi connectivity index (χ0) is 16.4. The minimum absolute atomic E-state index is 0.295. The van der Waals surface area contributed by atoms with Gasteiger partial charge in [-0.1, -0.05) is 43.7 Å². The van der Waals surface area contributed by atoms with Gasteiger partial charge in [-0.3, -0.25) is 0 Å². The standard InChI is InChI=1S/C17H26BNO3/c1-3-4-5-6-14-7-9-15(10-8-14)11-12-17(21)16(13-20)19-18(2)22/h7-10,16-17,19-22H,3-6,13H2,1-2H3/t16-,17+/m1/s1. The minimum atomic E-state index is -1.04. The SMILES string of the molecule is CCCCCc1ccc(C#C[C@H](O)[C@@H](CO)NB(C)O)cc1. The maximum Gasteiger partial charge on any atom is 0.374 e. The molecule has 0 aromatic heterocycles. The van der Waals surface area contributed by atoms with E-state index in [4.69, 9.17) is 0 Å². The summed E-state index contributed by atoms with van der Waals surface area (Å²) in [5.41, 5.74) is 2.12. The van der Waals surface area contributed by atoms with Gasteiger partial charge in [0.2, 0.25) is 0 Å². The summed E-state index contributed by atoms with van der Waals surface area (Å²) in [7, 11) is -0.809. The van der Waals surface area contributed by atoms with Crippen LogP contribution < -0.4 is 5.23 Å². The Morgan fingerprint density at radius 1 is 1.23 bits per heavy atom. The molecule has 0 unspecified atom stereocenters. The predicted molar refractivity (Wildman–Crippen MR) is 90.4 cm³/mol. The van der Waals surface area contributed by atoms with E-state index in [9.17, 15) is 15.2 Å². The Morgan fingerprint density at radius 2 is 1.91 bits per heavy atom. The third kappa shape index (κ3) is 7.10. The average molecular weight is 303 g/mol. The third-order valence-electron chi connectivity index (χ3n) is 3.42. The van der Waals surface area contributed by atoms with E-state index in [1.54, 1.807) is 0 Å². The fraction of sp³-hybridized carbons (Fsp3) is 0.529. The van der Waals surface area contributed by atoms with Crippen molar-refractivity contribution in [3.05, 3.63) is 35.4 Å². The summed E-state index contributed by atoms with van der Waals surface area (Å²) < 4.78 is 0. The Kier molecular flexibility index (Phi) is 8.87. The van der Waals surface area contributed by atoms with Gasteiger partial charge in [-0.25, -0.2) is 0 Å². The molecule has 0 aliphatic carbocycles. The van der Waals surface area contributed by atoms with Crippen molar-refractivity contribution in [3.8, 4) is 11.8 Å². The molecule has 1 aromatic carbocycles. The molecule has 1 rings (SSSR count). The van der Waals surface area contributed by atoms with Gasteiger partial charge >= 0.3 is 7.05 Å². The van der Waals surface area contributed by atoms with Crippen molar-refractivity contribution in [2.75, 3.05) is 6.61 Å². The van der Waals surface area contributed by atoms with Gasteiger partial charge in [-0.05, 0) is 37.4 Å². The van der Waals surface area contributed by atoms with Crippen molar-refractivity contribution in [2.45, 2.75) is 51.6 Å². The zero-order valence-electron chi connectivity index (χ0n) is 13.4. The van der Waals surface area contributed by atoms with E-state index >= 15 is 0 Å². The second-order valence-corrected chi connectivity index (χ2v) is 5.50. The van der Waals surface area contributed by atoms with E-state index in [-0.39, 0.29) is 6.61 Å². The molecular weight excluding hydrogens is 277 g/mol. The molecule has 1 aromatic rings. The van der Waals surface area contributed by atoms with Crippen molar-refractivity contribution >= 4 is 7.05 Å². The summed E-state index contributed by atoms with van der Waals surface area (Å²) in [6, 6.07) is 7.34. The van der Waals surface area contributed by atoms with Crippen LogP contribution in [0.5, 0.6) is 0 Å². The fourth-order valence-corrected chi connectivity index (χ4v) is 2.15. The predicted octanol–water partition coefficient (Wildman–Crippen LogP) is 1.19. The first-order valence-corrected chi connectivity index (χ1v) is 7.90. The molecule has 0 saturated heterocycles. The van der Waals surface area contributed by atoms with Crippen LogP contribution in [0.2, 0.25) is 6.82 Å². The summed E-state index contributed by atoms with van der Waals surface area (Å²) in [6.45, 7) is 3.42. The van der Waals surface area contributed by atoms with Gasteiger partial charge in [-0.15, -0.1) is 0 Å². The average Bonchev–Trinajstić information content (AvgIpc) is 2.51. The van der Waals surface area contributed by atoms with Crippen LogP contribution >= 0.6 is 0 Å². The molecule has 2 atom stereocenters. The van der Waals surface area contributed by atoms with E-state index in [1.807, 2.05) is 12.1 Å². The highest BCUT2D eigenvalue weighted by Gasteiger charge is 2.19. The lowest BCUT2D eigenvalue weighted by Crippen LogP contribution is -2.48. The molecule has 0 aliphatic rings. The van der Waals surface area contributed by atoms with E-state index in [0.717, 1.165) is 12.0 Å². The smallest absolute Gasteiger partial charge is 0.374 e. The summed E-state index contributed by atoms with van der Waals surface area (Å²) >= 11 is 0. The first kappa shape index (κ1) is 18.7. The summed E-state index contributed by atoms with van der Waals surface area (Å²) in [5, 5.41) is 31.0. The molecule has 0 amide bonds. The van der Waals surface area contributed by atoms with Crippen LogP contribution in [0.15, 0.2) is 24.3 Å². The number of benzene rings is 1. The molecule has 0 fully saturated rings. The molecule has 22 heavy (non-hydrogen) atoms. The minimum Gasteiger partial charge on any atom is -0.437 e. The quantitative estimate of drug-likeness (QED) is 0.331. The molecule has 4 N–H and O–H groups in total. The molecule has 120 valence electrons. The first-order valence-electron chi connectivity index (χ1n) is 7.90. The highest BCUT2D eigenvalue weighted by molar-refractivity contribution is 6.45. The van der Waals surface area contributed by atoms with Crippen molar-refractivity contribution in [3.63, 3.8) is 0 Å². The molecule has 0 radical (unpaired) electrons. The Morgan fingerprint density at radius 3 is 2.45 bits per heavy atom. The van der Waals surface area contributed by atoms with Crippen LogP contribution in [0.1, 0.15) is 37.3 Å². The van der Waals surface area contributed by atoms with Crippen LogP contribution in [-0.2, 0) is 6.42 Å². The number of unbranched alkanes of at least 4 members (excludes halogenated alkanes) is 2. The highest BCUT2D eigenvalue weighted by Crippen LogP contribution is 2.08. The van der Waals surface area contributed by atoms with Gasteiger partial charge in [0.05, 0.1) is 12.6 Å². The Balaban J connectivity index is 2.59. The number of rotatable bonds is 8. The van der Waals surface area contributed by atoms with Crippen LogP contribution in [0.25, 0.3) is 0 Å². The molecule has 0 saturated carbocycles. The molecule has 0 spiro atoms. The molecule has 0 bridgehead atoms. The molecule has 4 nitrogen and oxygen atoms in total. The van der Waals surface area contributed by atoms with Crippen molar-refractivity contribution < 1.29 is 15.2 Å². The number of aliphatic hydroxyl groups excluding tert-OH is 2. The lowest BCUT2D eigenvalue weighted by molar-refractivity contribution is 0.139. The second-order valence-electron chi connectivity index (χ2n) is 5.50. The molecule has 0 aliphatic heterocycles.